The van der Waals surface area contributed by atoms with E-state index in [1.807, 2.05) is 45.0 Å². The topological polar surface area (TPSA) is 70.6 Å². The molecule has 0 aliphatic rings. The molecule has 0 saturated heterocycles. The molecule has 2 heterocycles. The summed E-state index contributed by atoms with van der Waals surface area (Å²) in [4.78, 5) is 15.1. The van der Waals surface area contributed by atoms with Gasteiger partial charge in [-0.3, -0.25) is 0 Å². The highest BCUT2D eigenvalue weighted by Crippen LogP contribution is 2.23. The van der Waals surface area contributed by atoms with Crippen LogP contribution < -0.4 is 0 Å². The van der Waals surface area contributed by atoms with E-state index in [0.29, 0.717) is 0 Å². The molecule has 0 aliphatic carbocycles. The molecule has 2 aromatic rings. The third kappa shape index (κ3) is 2.78. The lowest BCUT2D eigenvalue weighted by Crippen LogP contribution is -2.18. The summed E-state index contributed by atoms with van der Waals surface area (Å²) in [6, 6.07) is 2.03. The largest absolute Gasteiger partial charge is 0.314 e. The van der Waals surface area contributed by atoms with Gasteiger partial charge in [-0.25, -0.2) is 9.97 Å². The Morgan fingerprint density at radius 3 is 2.80 bits per heavy atom. The third-order valence-corrected chi connectivity index (χ3v) is 3.31. The fourth-order valence-corrected chi connectivity index (χ4v) is 1.96. The maximum absolute atomic E-state index is 9.10. The van der Waals surface area contributed by atoms with E-state index < -0.39 is 0 Å². The zero-order valence-corrected chi connectivity index (χ0v) is 12.3. The number of hydrogen-bond donors (Lipinski definition) is 0. The number of likely N-dealkylation sites (N-methyl/N-ethyl adjacent to an activating group) is 1. The maximum Gasteiger partial charge on any atom is 0.234 e. The minimum Gasteiger partial charge on any atom is -0.314 e. The Labute approximate surface area is 119 Å². The van der Waals surface area contributed by atoms with Crippen molar-refractivity contribution in [3.8, 4) is 6.07 Å². The maximum atomic E-state index is 9.10. The SMILES string of the molecule is C[CH]C(C)c1nc(C#N)nc2c1ncn2CCN(C)C. The van der Waals surface area contributed by atoms with Gasteiger partial charge in [0.25, 0.3) is 0 Å². The molecule has 2 rings (SSSR count). The number of fused-ring (bicyclic) bond motifs is 1. The average molecular weight is 271 g/mol. The summed E-state index contributed by atoms with van der Waals surface area (Å²) in [7, 11) is 4.04. The number of nitrogens with zero attached hydrogens (tertiary/aromatic N) is 6. The molecular weight excluding hydrogens is 252 g/mol. The first-order valence-electron chi connectivity index (χ1n) is 6.64. The lowest BCUT2D eigenvalue weighted by Gasteiger charge is -2.11. The summed E-state index contributed by atoms with van der Waals surface area (Å²) >= 11 is 0. The highest BCUT2D eigenvalue weighted by atomic mass is 15.2. The molecule has 6 nitrogen and oxygen atoms in total. The Morgan fingerprint density at radius 1 is 1.45 bits per heavy atom. The van der Waals surface area contributed by atoms with Crippen LogP contribution in [0.3, 0.4) is 0 Å². The van der Waals surface area contributed by atoms with Crippen LogP contribution in [0.15, 0.2) is 6.33 Å². The Bertz CT molecular complexity index is 637. The lowest BCUT2D eigenvalue weighted by atomic mass is 10.0. The molecule has 0 amide bonds. The van der Waals surface area contributed by atoms with Crippen molar-refractivity contribution < 1.29 is 0 Å². The molecular formula is C14H19N6. The monoisotopic (exact) mass is 271 g/mol. The van der Waals surface area contributed by atoms with Crippen LogP contribution in [-0.2, 0) is 6.54 Å². The highest BCUT2D eigenvalue weighted by molar-refractivity contribution is 5.74. The van der Waals surface area contributed by atoms with Gasteiger partial charge in [0.1, 0.15) is 11.6 Å². The molecule has 2 aromatic heterocycles. The van der Waals surface area contributed by atoms with Crippen molar-refractivity contribution in [2.75, 3.05) is 20.6 Å². The van der Waals surface area contributed by atoms with Gasteiger partial charge in [-0.1, -0.05) is 13.8 Å². The second kappa shape index (κ2) is 5.97. The van der Waals surface area contributed by atoms with Crippen LogP contribution >= 0.6 is 0 Å². The van der Waals surface area contributed by atoms with Gasteiger partial charge in [0.15, 0.2) is 5.65 Å². The molecule has 0 aliphatic heterocycles. The molecule has 6 heteroatoms. The second-order valence-electron chi connectivity index (χ2n) is 5.08. The van der Waals surface area contributed by atoms with Crippen molar-refractivity contribution in [2.24, 2.45) is 0 Å². The molecule has 0 fully saturated rings. The molecule has 0 saturated carbocycles. The number of imidazole rings is 1. The van der Waals surface area contributed by atoms with E-state index in [9.17, 15) is 0 Å². The van der Waals surface area contributed by atoms with E-state index in [1.54, 1.807) is 6.33 Å². The van der Waals surface area contributed by atoms with Crippen LogP contribution in [0.1, 0.15) is 31.3 Å². The van der Waals surface area contributed by atoms with Crippen molar-refractivity contribution in [1.29, 1.82) is 5.26 Å². The Kier molecular flexibility index (Phi) is 4.30. The van der Waals surface area contributed by atoms with E-state index in [0.717, 1.165) is 29.9 Å². The summed E-state index contributed by atoms with van der Waals surface area (Å²) in [5.74, 6) is 0.345. The zero-order chi connectivity index (χ0) is 14.7. The van der Waals surface area contributed by atoms with Crippen LogP contribution in [0.4, 0.5) is 0 Å². The lowest BCUT2D eigenvalue weighted by molar-refractivity contribution is 0.386. The van der Waals surface area contributed by atoms with Gasteiger partial charge in [0.2, 0.25) is 5.82 Å². The number of rotatable bonds is 5. The smallest absolute Gasteiger partial charge is 0.234 e. The standard InChI is InChI=1S/C14H19N6/c1-5-10(2)12-13-14(18-11(8-15)17-12)20(9-16-13)7-6-19(3)4/h5,9-10H,6-7H2,1-4H3. The van der Waals surface area contributed by atoms with Crippen molar-refractivity contribution in [2.45, 2.75) is 26.3 Å². The van der Waals surface area contributed by atoms with E-state index in [1.165, 1.54) is 0 Å². The van der Waals surface area contributed by atoms with Crippen molar-refractivity contribution in [3.05, 3.63) is 24.3 Å². The van der Waals surface area contributed by atoms with Crippen LogP contribution in [0.25, 0.3) is 11.2 Å². The molecule has 0 spiro atoms. The summed E-state index contributed by atoms with van der Waals surface area (Å²) in [6.45, 7) is 5.70. The first-order valence-corrected chi connectivity index (χ1v) is 6.64. The summed E-state index contributed by atoms with van der Waals surface area (Å²) in [6.07, 6.45) is 3.82. The Hall–Kier alpha value is -2.00. The van der Waals surface area contributed by atoms with E-state index in [4.69, 9.17) is 5.26 Å². The van der Waals surface area contributed by atoms with Gasteiger partial charge in [0, 0.05) is 19.0 Å². The van der Waals surface area contributed by atoms with Gasteiger partial charge >= 0.3 is 0 Å². The molecule has 0 aromatic carbocycles. The summed E-state index contributed by atoms with van der Waals surface area (Å²) in [5, 5.41) is 9.10. The number of hydrogen-bond acceptors (Lipinski definition) is 5. The van der Waals surface area contributed by atoms with E-state index in [-0.39, 0.29) is 11.7 Å². The minimum absolute atomic E-state index is 0.143. The first-order chi connectivity index (χ1) is 9.56. The van der Waals surface area contributed by atoms with Gasteiger partial charge < -0.3 is 9.47 Å². The van der Waals surface area contributed by atoms with Gasteiger partial charge in [0.05, 0.1) is 12.0 Å². The predicted octanol–water partition coefficient (Wildman–Crippen LogP) is 1.59. The third-order valence-electron chi connectivity index (χ3n) is 3.31. The summed E-state index contributed by atoms with van der Waals surface area (Å²) in [5.41, 5.74) is 2.34. The Morgan fingerprint density at radius 2 is 2.20 bits per heavy atom. The normalized spacial score (nSPS) is 12.8. The molecule has 0 N–H and O–H groups in total. The molecule has 1 radical (unpaired) electrons. The van der Waals surface area contributed by atoms with E-state index >= 15 is 0 Å². The van der Waals surface area contributed by atoms with Crippen molar-refractivity contribution in [3.63, 3.8) is 0 Å². The predicted molar refractivity (Wildman–Crippen MR) is 77.0 cm³/mol. The second-order valence-corrected chi connectivity index (χ2v) is 5.08. The zero-order valence-electron chi connectivity index (χ0n) is 12.3. The minimum atomic E-state index is 0.143. The van der Waals surface area contributed by atoms with Gasteiger partial charge in [-0.05, 0) is 20.5 Å². The fourth-order valence-electron chi connectivity index (χ4n) is 1.96. The van der Waals surface area contributed by atoms with Crippen LogP contribution in [0.2, 0.25) is 0 Å². The molecule has 1 atom stereocenters. The number of nitriles is 1. The highest BCUT2D eigenvalue weighted by Gasteiger charge is 2.17. The number of aromatic nitrogens is 4. The van der Waals surface area contributed by atoms with Crippen molar-refractivity contribution in [1.82, 2.24) is 24.4 Å². The van der Waals surface area contributed by atoms with Gasteiger partial charge in [-0.15, -0.1) is 0 Å². The van der Waals surface area contributed by atoms with Crippen molar-refractivity contribution >= 4 is 11.2 Å². The van der Waals surface area contributed by atoms with Crippen LogP contribution in [0, 0.1) is 17.8 Å². The average Bonchev–Trinajstić information content (AvgIpc) is 2.86. The molecule has 105 valence electrons. The fraction of sp³-hybridized carbons (Fsp3) is 0.500. The molecule has 20 heavy (non-hydrogen) atoms. The Balaban J connectivity index is 2.51. The van der Waals surface area contributed by atoms with Gasteiger partial charge in [-0.2, -0.15) is 10.2 Å². The quantitative estimate of drug-likeness (QED) is 0.825. The summed E-state index contributed by atoms with van der Waals surface area (Å²) < 4.78 is 1.98. The van der Waals surface area contributed by atoms with Crippen LogP contribution in [-0.4, -0.2) is 45.1 Å². The first kappa shape index (κ1) is 14.4. The molecule has 0 bridgehead atoms. The van der Waals surface area contributed by atoms with E-state index in [2.05, 4.69) is 19.9 Å². The molecule has 1 unspecified atom stereocenters. The van der Waals surface area contributed by atoms with Crippen LogP contribution in [0.5, 0.6) is 0 Å².